The normalized spacial score (nSPS) is 20.3. The van der Waals surface area contributed by atoms with Gasteiger partial charge >= 0.3 is 0 Å². The third-order valence-electron chi connectivity index (χ3n) is 2.48. The molecular weight excluding hydrogens is 246 g/mol. The van der Waals surface area contributed by atoms with Gasteiger partial charge in [-0.1, -0.05) is 0 Å². The lowest BCUT2D eigenvalue weighted by Gasteiger charge is -2.27. The zero-order valence-electron chi connectivity index (χ0n) is 9.46. The second-order valence-electron chi connectivity index (χ2n) is 3.73. The van der Waals surface area contributed by atoms with Gasteiger partial charge in [-0.2, -0.15) is 22.5 Å². The molecule has 9 heteroatoms. The van der Waals surface area contributed by atoms with Gasteiger partial charge in [-0.3, -0.25) is 5.10 Å². The quantitative estimate of drug-likeness (QED) is 0.726. The first kappa shape index (κ1) is 12.4. The number of ether oxygens (including phenoxy) is 1. The molecule has 1 fully saturated rings. The minimum atomic E-state index is -3.49. The predicted octanol–water partition coefficient (Wildman–Crippen LogP) is -0.968. The first-order valence-electron chi connectivity index (χ1n) is 5.30. The Kier molecular flexibility index (Phi) is 3.72. The number of aromatic amines is 1. The van der Waals surface area contributed by atoms with E-state index >= 15 is 0 Å². The minimum Gasteiger partial charge on any atom is -0.379 e. The van der Waals surface area contributed by atoms with Crippen molar-refractivity contribution in [1.82, 2.24) is 24.2 Å². The lowest BCUT2D eigenvalue weighted by molar-refractivity contribution is 0.0723. The van der Waals surface area contributed by atoms with Crippen LogP contribution in [0.2, 0.25) is 0 Å². The summed E-state index contributed by atoms with van der Waals surface area (Å²) in [4.78, 5) is 3.91. The predicted molar refractivity (Wildman–Crippen MR) is 59.2 cm³/mol. The van der Waals surface area contributed by atoms with Crippen LogP contribution in [-0.4, -0.2) is 54.2 Å². The van der Waals surface area contributed by atoms with Gasteiger partial charge in [0, 0.05) is 13.1 Å². The highest BCUT2D eigenvalue weighted by atomic mass is 32.2. The molecule has 0 aromatic carbocycles. The van der Waals surface area contributed by atoms with E-state index in [4.69, 9.17) is 4.74 Å². The van der Waals surface area contributed by atoms with Gasteiger partial charge in [0.2, 0.25) is 0 Å². The molecule has 2 rings (SSSR count). The average molecular weight is 261 g/mol. The number of aromatic nitrogens is 3. The smallest absolute Gasteiger partial charge is 0.280 e. The lowest BCUT2D eigenvalue weighted by Crippen LogP contribution is -2.47. The third kappa shape index (κ3) is 3.00. The number of H-pyrrole nitrogens is 1. The van der Waals surface area contributed by atoms with Crippen molar-refractivity contribution < 1.29 is 13.2 Å². The molecule has 2 N–H and O–H groups in total. The molecular formula is C8H15N5O3S. The van der Waals surface area contributed by atoms with Crippen LogP contribution < -0.4 is 4.72 Å². The van der Waals surface area contributed by atoms with Crippen LogP contribution in [0.5, 0.6) is 0 Å². The summed E-state index contributed by atoms with van der Waals surface area (Å²) in [5, 5.41) is 6.31. The molecule has 2 heterocycles. The Morgan fingerprint density at radius 2 is 2.24 bits per heavy atom. The fourth-order valence-corrected chi connectivity index (χ4v) is 2.90. The summed E-state index contributed by atoms with van der Waals surface area (Å²) in [6.07, 6.45) is 1.34. The largest absolute Gasteiger partial charge is 0.379 e. The topological polar surface area (TPSA) is 100 Å². The highest BCUT2D eigenvalue weighted by Crippen LogP contribution is 2.10. The maximum Gasteiger partial charge on any atom is 0.280 e. The molecule has 17 heavy (non-hydrogen) atoms. The van der Waals surface area contributed by atoms with Crippen molar-refractivity contribution in [3.05, 3.63) is 12.2 Å². The van der Waals surface area contributed by atoms with E-state index in [0.29, 0.717) is 32.1 Å². The van der Waals surface area contributed by atoms with Crippen molar-refractivity contribution in [2.45, 2.75) is 13.0 Å². The van der Waals surface area contributed by atoms with E-state index in [0.717, 1.165) is 0 Å². The van der Waals surface area contributed by atoms with Crippen LogP contribution in [0.15, 0.2) is 6.33 Å². The number of nitrogens with zero attached hydrogens (tertiary/aromatic N) is 3. The summed E-state index contributed by atoms with van der Waals surface area (Å²) < 4.78 is 33.0. The lowest BCUT2D eigenvalue weighted by atomic mass is 10.3. The van der Waals surface area contributed by atoms with Crippen molar-refractivity contribution in [3.8, 4) is 0 Å². The number of rotatable bonds is 4. The fourth-order valence-electron chi connectivity index (χ4n) is 1.56. The summed E-state index contributed by atoms with van der Waals surface area (Å²) in [5.41, 5.74) is 0. The Morgan fingerprint density at radius 3 is 2.82 bits per heavy atom. The number of hydrogen-bond donors (Lipinski definition) is 2. The van der Waals surface area contributed by atoms with Crippen molar-refractivity contribution in [2.24, 2.45) is 0 Å². The molecule has 0 bridgehead atoms. The maximum absolute atomic E-state index is 12.0. The van der Waals surface area contributed by atoms with Crippen LogP contribution in [0.3, 0.4) is 0 Å². The van der Waals surface area contributed by atoms with Gasteiger partial charge in [0.1, 0.15) is 12.2 Å². The van der Waals surface area contributed by atoms with Crippen molar-refractivity contribution in [3.63, 3.8) is 0 Å². The molecule has 1 unspecified atom stereocenters. The Balaban J connectivity index is 2.01. The molecule has 0 amide bonds. The number of hydrogen-bond acceptors (Lipinski definition) is 5. The van der Waals surface area contributed by atoms with Crippen LogP contribution in [0.25, 0.3) is 0 Å². The van der Waals surface area contributed by atoms with E-state index in [-0.39, 0.29) is 0 Å². The van der Waals surface area contributed by atoms with E-state index in [9.17, 15) is 8.42 Å². The molecule has 1 aromatic rings. The van der Waals surface area contributed by atoms with Gasteiger partial charge in [0.05, 0.1) is 19.3 Å². The highest BCUT2D eigenvalue weighted by Gasteiger charge is 2.26. The summed E-state index contributed by atoms with van der Waals surface area (Å²) in [5.74, 6) is 0.488. The zero-order chi connectivity index (χ0) is 12.3. The Hall–Kier alpha value is -1.03. The van der Waals surface area contributed by atoms with Gasteiger partial charge in [-0.25, -0.2) is 4.98 Å². The summed E-state index contributed by atoms with van der Waals surface area (Å²) >= 11 is 0. The third-order valence-corrected chi connectivity index (χ3v) is 4.18. The summed E-state index contributed by atoms with van der Waals surface area (Å²) in [6.45, 7) is 3.31. The molecule has 0 aliphatic carbocycles. The van der Waals surface area contributed by atoms with Gasteiger partial charge in [0.15, 0.2) is 0 Å². The van der Waals surface area contributed by atoms with Crippen LogP contribution in [0.1, 0.15) is 18.8 Å². The molecule has 1 aromatic heterocycles. The highest BCUT2D eigenvalue weighted by molar-refractivity contribution is 7.87. The van der Waals surface area contributed by atoms with E-state index in [1.165, 1.54) is 10.6 Å². The van der Waals surface area contributed by atoms with Crippen LogP contribution in [0.4, 0.5) is 0 Å². The number of morpholine rings is 1. The molecule has 0 saturated carbocycles. The first-order chi connectivity index (χ1) is 8.09. The van der Waals surface area contributed by atoms with Gasteiger partial charge < -0.3 is 4.74 Å². The number of nitrogens with one attached hydrogen (secondary N) is 2. The Bertz CT molecular complexity index is 440. The Labute approximate surface area is 99.6 Å². The second-order valence-corrected chi connectivity index (χ2v) is 5.43. The van der Waals surface area contributed by atoms with Crippen molar-refractivity contribution >= 4 is 10.2 Å². The standard InChI is InChI=1S/C8H15N5O3S/c1-7(8-9-6-10-11-8)12-17(14,15)13-2-4-16-5-3-13/h6-7,12H,2-5H2,1H3,(H,9,10,11). The van der Waals surface area contributed by atoms with Gasteiger partial charge in [-0.05, 0) is 6.92 Å². The fraction of sp³-hybridized carbons (Fsp3) is 0.750. The monoisotopic (exact) mass is 261 g/mol. The van der Waals surface area contributed by atoms with E-state index in [1.54, 1.807) is 6.92 Å². The van der Waals surface area contributed by atoms with Crippen LogP contribution in [-0.2, 0) is 14.9 Å². The van der Waals surface area contributed by atoms with Crippen LogP contribution in [0, 0.1) is 0 Å². The van der Waals surface area contributed by atoms with Gasteiger partial charge in [-0.15, -0.1) is 0 Å². The van der Waals surface area contributed by atoms with Crippen molar-refractivity contribution in [2.75, 3.05) is 26.3 Å². The molecule has 1 aliphatic rings. The Morgan fingerprint density at radius 1 is 1.53 bits per heavy atom. The second kappa shape index (κ2) is 5.08. The van der Waals surface area contributed by atoms with Crippen LogP contribution >= 0.6 is 0 Å². The average Bonchev–Trinajstić information content (AvgIpc) is 2.83. The van der Waals surface area contributed by atoms with E-state index in [1.807, 2.05) is 0 Å². The maximum atomic E-state index is 12.0. The molecule has 8 nitrogen and oxygen atoms in total. The molecule has 1 saturated heterocycles. The minimum absolute atomic E-state index is 0.373. The van der Waals surface area contributed by atoms with E-state index < -0.39 is 16.3 Å². The summed E-state index contributed by atoms with van der Waals surface area (Å²) in [7, 11) is -3.49. The van der Waals surface area contributed by atoms with Crippen molar-refractivity contribution in [1.29, 1.82) is 0 Å². The molecule has 96 valence electrons. The summed E-state index contributed by atoms with van der Waals surface area (Å²) in [6, 6.07) is -0.439. The molecule has 1 atom stereocenters. The van der Waals surface area contributed by atoms with Gasteiger partial charge in [0.25, 0.3) is 10.2 Å². The molecule has 1 aliphatic heterocycles. The SMILES string of the molecule is CC(NS(=O)(=O)N1CCOCC1)c1ncn[nH]1. The zero-order valence-corrected chi connectivity index (χ0v) is 10.3. The van der Waals surface area contributed by atoms with E-state index in [2.05, 4.69) is 19.9 Å². The molecule has 0 spiro atoms. The molecule has 0 radical (unpaired) electrons. The first-order valence-corrected chi connectivity index (χ1v) is 6.74.